The quantitative estimate of drug-likeness (QED) is 0.454. The highest BCUT2D eigenvalue weighted by Crippen LogP contribution is 2.05. The van der Waals surface area contributed by atoms with Crippen LogP contribution in [0.25, 0.3) is 0 Å². The predicted molar refractivity (Wildman–Crippen MR) is 41.7 cm³/mol. The standard InChI is InChI=1S/C7H16N2/c1-5-7(3,4)9-8-6-2/h6,9H,5H2,1-4H3/b8-6+. The van der Waals surface area contributed by atoms with Gasteiger partial charge in [0.2, 0.25) is 0 Å². The summed E-state index contributed by atoms with van der Waals surface area (Å²) in [5.74, 6) is 0. The first kappa shape index (κ1) is 8.47. The van der Waals surface area contributed by atoms with Crippen molar-refractivity contribution in [2.24, 2.45) is 5.10 Å². The Labute approximate surface area is 57.3 Å². The van der Waals surface area contributed by atoms with Crippen LogP contribution >= 0.6 is 0 Å². The maximum atomic E-state index is 3.94. The molecule has 0 aliphatic carbocycles. The minimum absolute atomic E-state index is 0.145. The van der Waals surface area contributed by atoms with E-state index < -0.39 is 0 Å². The molecule has 0 rings (SSSR count). The van der Waals surface area contributed by atoms with Crippen molar-refractivity contribution in [1.29, 1.82) is 0 Å². The Morgan fingerprint density at radius 2 is 2.11 bits per heavy atom. The van der Waals surface area contributed by atoms with E-state index in [9.17, 15) is 0 Å². The molecule has 9 heavy (non-hydrogen) atoms. The van der Waals surface area contributed by atoms with E-state index >= 15 is 0 Å². The molecule has 2 nitrogen and oxygen atoms in total. The van der Waals surface area contributed by atoms with Crippen molar-refractivity contribution in [1.82, 2.24) is 5.43 Å². The zero-order chi connectivity index (χ0) is 7.33. The van der Waals surface area contributed by atoms with Gasteiger partial charge in [0, 0.05) is 11.8 Å². The smallest absolute Gasteiger partial charge is 0.0490 e. The summed E-state index contributed by atoms with van der Waals surface area (Å²) >= 11 is 0. The molecule has 0 aliphatic rings. The van der Waals surface area contributed by atoms with E-state index in [1.165, 1.54) is 0 Å². The second-order valence-electron chi connectivity index (χ2n) is 2.74. The van der Waals surface area contributed by atoms with Crippen LogP contribution in [0, 0.1) is 0 Å². The summed E-state index contributed by atoms with van der Waals surface area (Å²) in [4.78, 5) is 0. The molecular formula is C7H16N2. The largest absolute Gasteiger partial charge is 0.305 e. The molecule has 0 saturated heterocycles. The fraction of sp³-hybridized carbons (Fsp3) is 0.857. The molecule has 0 radical (unpaired) electrons. The van der Waals surface area contributed by atoms with Gasteiger partial charge < -0.3 is 5.43 Å². The topological polar surface area (TPSA) is 24.4 Å². The van der Waals surface area contributed by atoms with Crippen LogP contribution in [0.15, 0.2) is 5.10 Å². The molecule has 0 spiro atoms. The second-order valence-corrected chi connectivity index (χ2v) is 2.74. The van der Waals surface area contributed by atoms with Crippen molar-refractivity contribution in [3.05, 3.63) is 0 Å². The van der Waals surface area contributed by atoms with Gasteiger partial charge in [0.05, 0.1) is 0 Å². The molecule has 54 valence electrons. The molecule has 0 bridgehead atoms. The van der Waals surface area contributed by atoms with Crippen LogP contribution in [0.2, 0.25) is 0 Å². The number of hydrogen-bond donors (Lipinski definition) is 1. The summed E-state index contributed by atoms with van der Waals surface area (Å²) < 4.78 is 0. The van der Waals surface area contributed by atoms with E-state index in [1.54, 1.807) is 6.21 Å². The maximum absolute atomic E-state index is 3.94. The highest BCUT2D eigenvalue weighted by Gasteiger charge is 2.11. The summed E-state index contributed by atoms with van der Waals surface area (Å²) in [6.07, 6.45) is 2.85. The number of hydrazone groups is 1. The Morgan fingerprint density at radius 1 is 1.56 bits per heavy atom. The van der Waals surface area contributed by atoms with Crippen molar-refractivity contribution < 1.29 is 0 Å². The van der Waals surface area contributed by atoms with E-state index in [1.807, 2.05) is 6.92 Å². The third-order valence-electron chi connectivity index (χ3n) is 1.38. The van der Waals surface area contributed by atoms with E-state index in [0.29, 0.717) is 0 Å². The molecule has 2 heteroatoms. The first-order valence-corrected chi connectivity index (χ1v) is 3.37. The Bertz CT molecular complexity index is 95.1. The van der Waals surface area contributed by atoms with Gasteiger partial charge in [-0.1, -0.05) is 6.92 Å². The monoisotopic (exact) mass is 128 g/mol. The molecule has 0 atom stereocenters. The SMILES string of the molecule is C/C=N/NC(C)(C)CC. The minimum atomic E-state index is 0.145. The molecule has 1 N–H and O–H groups in total. The average Bonchev–Trinajstić information content (AvgIpc) is 1.84. The molecule has 0 heterocycles. The van der Waals surface area contributed by atoms with E-state index in [4.69, 9.17) is 0 Å². The van der Waals surface area contributed by atoms with Crippen LogP contribution in [0.1, 0.15) is 34.1 Å². The van der Waals surface area contributed by atoms with Crippen molar-refractivity contribution in [3.63, 3.8) is 0 Å². The zero-order valence-corrected chi connectivity index (χ0v) is 6.73. The van der Waals surface area contributed by atoms with Gasteiger partial charge in [-0.25, -0.2) is 0 Å². The summed E-state index contributed by atoms with van der Waals surface area (Å²) in [6.45, 7) is 8.29. The lowest BCUT2D eigenvalue weighted by Gasteiger charge is -2.21. The van der Waals surface area contributed by atoms with Crippen LogP contribution in [-0.2, 0) is 0 Å². The lowest BCUT2D eigenvalue weighted by atomic mass is 10.0. The first-order chi connectivity index (χ1) is 4.12. The molecule has 0 aromatic carbocycles. The van der Waals surface area contributed by atoms with Crippen molar-refractivity contribution in [2.75, 3.05) is 0 Å². The molecule has 0 aromatic heterocycles. The highest BCUT2D eigenvalue weighted by molar-refractivity contribution is 5.52. The van der Waals surface area contributed by atoms with Crippen molar-refractivity contribution in [3.8, 4) is 0 Å². The third-order valence-corrected chi connectivity index (χ3v) is 1.38. The summed E-state index contributed by atoms with van der Waals surface area (Å²) in [6, 6.07) is 0. The molecule has 0 unspecified atom stereocenters. The molecule has 0 amide bonds. The van der Waals surface area contributed by atoms with Crippen molar-refractivity contribution in [2.45, 2.75) is 39.7 Å². The van der Waals surface area contributed by atoms with Gasteiger partial charge >= 0.3 is 0 Å². The minimum Gasteiger partial charge on any atom is -0.305 e. The van der Waals surface area contributed by atoms with E-state index in [0.717, 1.165) is 6.42 Å². The van der Waals surface area contributed by atoms with Gasteiger partial charge in [0.25, 0.3) is 0 Å². The zero-order valence-electron chi connectivity index (χ0n) is 6.73. The summed E-state index contributed by atoms with van der Waals surface area (Å²) in [5.41, 5.74) is 3.17. The summed E-state index contributed by atoms with van der Waals surface area (Å²) in [5, 5.41) is 3.94. The lowest BCUT2D eigenvalue weighted by Crippen LogP contribution is -2.34. The normalized spacial score (nSPS) is 12.4. The van der Waals surface area contributed by atoms with Crippen LogP contribution in [-0.4, -0.2) is 11.8 Å². The predicted octanol–water partition coefficient (Wildman–Crippen LogP) is 1.77. The molecular weight excluding hydrogens is 112 g/mol. The Balaban J connectivity index is 3.58. The maximum Gasteiger partial charge on any atom is 0.0490 e. The van der Waals surface area contributed by atoms with Gasteiger partial charge in [-0.15, -0.1) is 0 Å². The van der Waals surface area contributed by atoms with Crippen LogP contribution in [0.3, 0.4) is 0 Å². The first-order valence-electron chi connectivity index (χ1n) is 3.37. The number of hydrogen-bond acceptors (Lipinski definition) is 2. The Hall–Kier alpha value is -0.530. The van der Waals surface area contributed by atoms with Gasteiger partial charge in [-0.2, -0.15) is 5.10 Å². The highest BCUT2D eigenvalue weighted by atomic mass is 15.3. The lowest BCUT2D eigenvalue weighted by molar-refractivity contribution is 0.388. The van der Waals surface area contributed by atoms with E-state index in [-0.39, 0.29) is 5.54 Å². The fourth-order valence-electron chi connectivity index (χ4n) is 0.318. The van der Waals surface area contributed by atoms with Gasteiger partial charge in [0.15, 0.2) is 0 Å². The van der Waals surface area contributed by atoms with Crippen LogP contribution < -0.4 is 5.43 Å². The molecule has 0 aromatic rings. The van der Waals surface area contributed by atoms with E-state index in [2.05, 4.69) is 31.3 Å². The average molecular weight is 128 g/mol. The summed E-state index contributed by atoms with van der Waals surface area (Å²) in [7, 11) is 0. The molecule has 0 aliphatic heterocycles. The molecule has 0 fully saturated rings. The Kier molecular flexibility index (Phi) is 3.28. The second kappa shape index (κ2) is 3.49. The van der Waals surface area contributed by atoms with Gasteiger partial charge in [-0.3, -0.25) is 0 Å². The van der Waals surface area contributed by atoms with Gasteiger partial charge in [-0.05, 0) is 27.2 Å². The number of rotatable bonds is 3. The van der Waals surface area contributed by atoms with Crippen LogP contribution in [0.5, 0.6) is 0 Å². The molecule has 0 saturated carbocycles. The number of nitrogens with one attached hydrogen (secondary N) is 1. The number of nitrogens with zero attached hydrogens (tertiary/aromatic N) is 1. The Morgan fingerprint density at radius 3 is 2.44 bits per heavy atom. The fourth-order valence-corrected chi connectivity index (χ4v) is 0.318. The van der Waals surface area contributed by atoms with Crippen LogP contribution in [0.4, 0.5) is 0 Å². The van der Waals surface area contributed by atoms with Gasteiger partial charge in [0.1, 0.15) is 0 Å². The third kappa shape index (κ3) is 4.01. The van der Waals surface area contributed by atoms with Crippen molar-refractivity contribution >= 4 is 6.21 Å².